The molecular formula is C17H18N2O3S2. The molecule has 0 bridgehead atoms. The first-order valence-corrected chi connectivity index (χ1v) is 9.78. The molecule has 1 N–H and O–H groups in total. The molecule has 7 heteroatoms. The van der Waals surface area contributed by atoms with E-state index >= 15 is 0 Å². The van der Waals surface area contributed by atoms with Crippen molar-refractivity contribution in [3.63, 3.8) is 0 Å². The predicted octanol–water partition coefficient (Wildman–Crippen LogP) is 2.59. The molecule has 24 heavy (non-hydrogen) atoms. The van der Waals surface area contributed by atoms with Crippen molar-refractivity contribution in [1.29, 1.82) is 0 Å². The first-order valence-electron chi connectivity index (χ1n) is 7.46. The first kappa shape index (κ1) is 17.0. The Morgan fingerprint density at radius 3 is 2.62 bits per heavy atom. The van der Waals surface area contributed by atoms with Gasteiger partial charge in [-0.1, -0.05) is 24.3 Å². The van der Waals surface area contributed by atoms with Crippen LogP contribution in [0.2, 0.25) is 0 Å². The molecule has 3 rings (SSSR count). The van der Waals surface area contributed by atoms with E-state index in [1.807, 2.05) is 24.3 Å². The van der Waals surface area contributed by atoms with Crippen LogP contribution in [0.5, 0.6) is 0 Å². The molecule has 1 aliphatic rings. The highest BCUT2D eigenvalue weighted by Crippen LogP contribution is 2.37. The van der Waals surface area contributed by atoms with Crippen molar-refractivity contribution in [3.8, 4) is 0 Å². The molecule has 2 aromatic carbocycles. The molecule has 2 aromatic rings. The van der Waals surface area contributed by atoms with Gasteiger partial charge in [-0.2, -0.15) is 0 Å². The zero-order chi connectivity index (χ0) is 17.3. The number of hydrogen-bond acceptors (Lipinski definition) is 4. The van der Waals surface area contributed by atoms with Gasteiger partial charge in [-0.3, -0.25) is 4.79 Å². The van der Waals surface area contributed by atoms with E-state index in [1.165, 1.54) is 43.6 Å². The van der Waals surface area contributed by atoms with Gasteiger partial charge in [0, 0.05) is 24.7 Å². The quantitative estimate of drug-likeness (QED) is 0.908. The molecule has 126 valence electrons. The maximum Gasteiger partial charge on any atom is 0.242 e. The highest BCUT2D eigenvalue weighted by atomic mass is 32.2. The monoisotopic (exact) mass is 362 g/mol. The summed E-state index contributed by atoms with van der Waals surface area (Å²) in [5, 5.41) is 2.63. The van der Waals surface area contributed by atoms with Crippen LogP contribution in [0.15, 0.2) is 58.3 Å². The minimum Gasteiger partial charge on any atom is -0.325 e. The van der Waals surface area contributed by atoms with E-state index in [4.69, 9.17) is 0 Å². The van der Waals surface area contributed by atoms with Crippen LogP contribution in [-0.2, 0) is 21.2 Å². The molecule has 1 heterocycles. The summed E-state index contributed by atoms with van der Waals surface area (Å²) in [6.45, 7) is 0. The van der Waals surface area contributed by atoms with E-state index in [-0.39, 0.29) is 16.1 Å². The van der Waals surface area contributed by atoms with E-state index in [0.29, 0.717) is 12.1 Å². The average molecular weight is 362 g/mol. The number of amides is 1. The van der Waals surface area contributed by atoms with Crippen molar-refractivity contribution < 1.29 is 13.2 Å². The maximum atomic E-state index is 12.5. The topological polar surface area (TPSA) is 66.5 Å². The summed E-state index contributed by atoms with van der Waals surface area (Å²) in [6.07, 6.45) is 0.683. The van der Waals surface area contributed by atoms with Gasteiger partial charge in [-0.25, -0.2) is 12.7 Å². The molecule has 0 spiro atoms. The van der Waals surface area contributed by atoms with Gasteiger partial charge >= 0.3 is 0 Å². The lowest BCUT2D eigenvalue weighted by molar-refractivity contribution is -0.115. The Morgan fingerprint density at radius 2 is 1.92 bits per heavy atom. The molecule has 1 unspecified atom stereocenters. The summed E-state index contributed by atoms with van der Waals surface area (Å²) in [7, 11) is -0.563. The maximum absolute atomic E-state index is 12.5. The summed E-state index contributed by atoms with van der Waals surface area (Å²) in [6, 6.07) is 14.3. The van der Waals surface area contributed by atoms with E-state index in [2.05, 4.69) is 5.32 Å². The molecule has 0 saturated heterocycles. The molecule has 0 aliphatic carbocycles. The van der Waals surface area contributed by atoms with Crippen LogP contribution in [0.3, 0.4) is 0 Å². The Bertz CT molecular complexity index is 854. The molecular weight excluding hydrogens is 344 g/mol. The number of nitrogens with one attached hydrogen (secondary N) is 1. The van der Waals surface area contributed by atoms with Crippen molar-refractivity contribution in [2.75, 3.05) is 19.4 Å². The van der Waals surface area contributed by atoms with E-state index in [1.54, 1.807) is 12.1 Å². The Hall–Kier alpha value is -1.83. The summed E-state index contributed by atoms with van der Waals surface area (Å²) in [4.78, 5) is 13.8. The number of benzene rings is 2. The Labute approximate surface area is 146 Å². The lowest BCUT2D eigenvalue weighted by Gasteiger charge is -2.14. The minimum atomic E-state index is -3.52. The number of fused-ring (bicyclic) bond motifs is 1. The van der Waals surface area contributed by atoms with Crippen LogP contribution in [0.4, 0.5) is 5.69 Å². The number of hydrogen-bond donors (Lipinski definition) is 1. The third-order valence-corrected chi connectivity index (χ3v) is 6.95. The highest BCUT2D eigenvalue weighted by Gasteiger charge is 2.28. The Balaban J connectivity index is 1.75. The fraction of sp³-hybridized carbons (Fsp3) is 0.235. The summed E-state index contributed by atoms with van der Waals surface area (Å²) < 4.78 is 25.5. The van der Waals surface area contributed by atoms with Crippen LogP contribution in [0.25, 0.3) is 0 Å². The number of nitrogens with zero attached hydrogens (tertiary/aromatic N) is 1. The zero-order valence-electron chi connectivity index (χ0n) is 13.4. The van der Waals surface area contributed by atoms with E-state index in [9.17, 15) is 13.2 Å². The van der Waals surface area contributed by atoms with E-state index in [0.717, 1.165) is 9.20 Å². The van der Waals surface area contributed by atoms with Gasteiger partial charge < -0.3 is 5.32 Å². The molecule has 0 fully saturated rings. The summed E-state index contributed by atoms with van der Waals surface area (Å²) in [5.74, 6) is -0.115. The van der Waals surface area contributed by atoms with Crippen LogP contribution in [0.1, 0.15) is 5.56 Å². The zero-order valence-corrected chi connectivity index (χ0v) is 15.0. The van der Waals surface area contributed by atoms with Crippen molar-refractivity contribution in [3.05, 3.63) is 54.1 Å². The molecule has 1 aliphatic heterocycles. The number of sulfonamides is 1. The fourth-order valence-corrected chi connectivity index (χ4v) is 4.64. The Kier molecular flexibility index (Phi) is 4.67. The van der Waals surface area contributed by atoms with Crippen molar-refractivity contribution >= 4 is 33.4 Å². The average Bonchev–Trinajstić information content (AvgIpc) is 2.99. The first-order chi connectivity index (χ1) is 11.4. The van der Waals surface area contributed by atoms with Crippen LogP contribution in [-0.4, -0.2) is 38.0 Å². The fourth-order valence-electron chi connectivity index (χ4n) is 2.50. The normalized spacial score (nSPS) is 16.9. The largest absolute Gasteiger partial charge is 0.325 e. The number of carbonyl (C=O) groups is 1. The smallest absolute Gasteiger partial charge is 0.242 e. The number of anilines is 1. The Morgan fingerprint density at radius 1 is 1.17 bits per heavy atom. The highest BCUT2D eigenvalue weighted by molar-refractivity contribution is 8.01. The number of carbonyl (C=O) groups excluding carboxylic acids is 1. The van der Waals surface area contributed by atoms with Gasteiger partial charge in [0.1, 0.15) is 0 Å². The minimum absolute atomic E-state index is 0.115. The third kappa shape index (κ3) is 3.33. The molecule has 0 aromatic heterocycles. The molecule has 1 amide bonds. The van der Waals surface area contributed by atoms with Crippen molar-refractivity contribution in [2.24, 2.45) is 0 Å². The van der Waals surface area contributed by atoms with Crippen LogP contribution in [0, 0.1) is 0 Å². The van der Waals surface area contributed by atoms with Crippen LogP contribution < -0.4 is 5.32 Å². The molecule has 0 saturated carbocycles. The van der Waals surface area contributed by atoms with Crippen molar-refractivity contribution in [1.82, 2.24) is 4.31 Å². The van der Waals surface area contributed by atoms with Crippen LogP contribution >= 0.6 is 11.8 Å². The van der Waals surface area contributed by atoms with Gasteiger partial charge in [0.2, 0.25) is 15.9 Å². The lowest BCUT2D eigenvalue weighted by Crippen LogP contribution is -2.25. The third-order valence-electron chi connectivity index (χ3n) is 3.82. The SMILES string of the molecule is CN(C)S(=O)(=O)c1cccc(NC(=O)C2Cc3ccccc3S2)c1. The number of thioether (sulfide) groups is 1. The second-order valence-corrected chi connectivity index (χ2v) is 9.12. The van der Waals surface area contributed by atoms with Gasteiger partial charge in [0.15, 0.2) is 0 Å². The lowest BCUT2D eigenvalue weighted by atomic mass is 10.1. The molecule has 0 radical (unpaired) electrons. The summed E-state index contributed by atoms with van der Waals surface area (Å²) >= 11 is 1.54. The second-order valence-electron chi connectivity index (χ2n) is 5.72. The molecule has 5 nitrogen and oxygen atoms in total. The van der Waals surface area contributed by atoms with Gasteiger partial charge in [0.25, 0.3) is 0 Å². The second kappa shape index (κ2) is 6.58. The van der Waals surface area contributed by atoms with Gasteiger partial charge in [-0.15, -0.1) is 11.8 Å². The summed E-state index contributed by atoms with van der Waals surface area (Å²) in [5.41, 5.74) is 1.66. The van der Waals surface area contributed by atoms with Crippen molar-refractivity contribution in [2.45, 2.75) is 21.5 Å². The van der Waals surface area contributed by atoms with Gasteiger partial charge in [-0.05, 0) is 36.2 Å². The predicted molar refractivity (Wildman–Crippen MR) is 95.7 cm³/mol. The van der Waals surface area contributed by atoms with E-state index < -0.39 is 10.0 Å². The number of rotatable bonds is 4. The standard InChI is InChI=1S/C17H18N2O3S2/c1-19(2)24(21,22)14-8-5-7-13(11-14)18-17(20)16-10-12-6-3-4-9-15(12)23-16/h3-9,11,16H,10H2,1-2H3,(H,18,20). The molecule has 1 atom stereocenters. The van der Waals surface area contributed by atoms with Gasteiger partial charge in [0.05, 0.1) is 10.1 Å².